The van der Waals surface area contributed by atoms with Crippen molar-refractivity contribution < 1.29 is 37.4 Å². The Hall–Kier alpha value is -3.28. The molecule has 2 unspecified atom stereocenters. The topological polar surface area (TPSA) is 139 Å². The van der Waals surface area contributed by atoms with Gasteiger partial charge in [0.25, 0.3) is 11.8 Å². The third-order valence-electron chi connectivity index (χ3n) is 8.47. The van der Waals surface area contributed by atoms with Gasteiger partial charge in [0.15, 0.2) is 0 Å². The number of aliphatic carboxylic acids is 1. The number of hydrogen-bond donors (Lipinski definition) is 2. The lowest BCUT2D eigenvalue weighted by Gasteiger charge is -2.32. The highest BCUT2D eigenvalue weighted by Gasteiger charge is 2.30. The van der Waals surface area contributed by atoms with Gasteiger partial charge in [-0.25, -0.2) is 13.2 Å². The molecule has 2 aromatic carbocycles. The second kappa shape index (κ2) is 15.6. The summed E-state index contributed by atoms with van der Waals surface area (Å²) in [6.07, 6.45) is 6.64. The number of carboxylic acid groups (broad SMARTS) is 1. The van der Waals surface area contributed by atoms with Gasteiger partial charge in [-0.15, -0.1) is 0 Å². The summed E-state index contributed by atoms with van der Waals surface area (Å²) in [5.74, 6) is -1.86. The number of carbonyl (C=O) groups is 3. The molecule has 1 heterocycles. The first-order valence-electron chi connectivity index (χ1n) is 15.4. The van der Waals surface area contributed by atoms with Crippen molar-refractivity contribution >= 4 is 27.6 Å². The lowest BCUT2D eigenvalue weighted by atomic mass is 9.85. The molecule has 44 heavy (non-hydrogen) atoms. The molecule has 2 N–H and O–H groups in total. The van der Waals surface area contributed by atoms with Crippen LogP contribution in [0.4, 0.5) is 0 Å². The summed E-state index contributed by atoms with van der Waals surface area (Å²) < 4.78 is 35.1. The van der Waals surface area contributed by atoms with Crippen molar-refractivity contribution in [1.82, 2.24) is 10.2 Å². The third-order valence-corrected chi connectivity index (χ3v) is 9.44. The summed E-state index contributed by atoms with van der Waals surface area (Å²) in [5.41, 5.74) is 3.35. The molecular formula is C33H44N2O8S. The molecule has 2 aliphatic rings. The van der Waals surface area contributed by atoms with Crippen LogP contribution in [-0.2, 0) is 35.5 Å². The van der Waals surface area contributed by atoms with Crippen LogP contribution in [0.3, 0.4) is 0 Å². The lowest BCUT2D eigenvalue weighted by Crippen LogP contribution is -2.47. The van der Waals surface area contributed by atoms with Crippen LogP contribution < -0.4 is 5.32 Å². The molecule has 240 valence electrons. The van der Waals surface area contributed by atoms with E-state index in [0.717, 1.165) is 35.8 Å². The van der Waals surface area contributed by atoms with Crippen molar-refractivity contribution in [2.24, 2.45) is 5.92 Å². The molecule has 2 atom stereocenters. The smallest absolute Gasteiger partial charge is 0.326 e. The van der Waals surface area contributed by atoms with Gasteiger partial charge in [0, 0.05) is 24.9 Å². The molecule has 4 rings (SSSR count). The third kappa shape index (κ3) is 9.61. The number of rotatable bonds is 13. The van der Waals surface area contributed by atoms with Crippen molar-refractivity contribution in [2.45, 2.75) is 70.6 Å². The fourth-order valence-electron chi connectivity index (χ4n) is 5.95. The maximum absolute atomic E-state index is 13.5. The molecule has 2 aromatic rings. The minimum Gasteiger partial charge on any atom is -0.480 e. The van der Waals surface area contributed by atoms with Gasteiger partial charge in [-0.1, -0.05) is 62.4 Å². The number of sulfone groups is 1. The van der Waals surface area contributed by atoms with Crippen LogP contribution in [0.2, 0.25) is 0 Å². The summed E-state index contributed by atoms with van der Waals surface area (Å²) in [6, 6.07) is 11.4. The Balaban J connectivity index is 1.57. The highest BCUT2D eigenvalue weighted by molar-refractivity contribution is 7.90. The van der Waals surface area contributed by atoms with Gasteiger partial charge >= 0.3 is 5.97 Å². The lowest BCUT2D eigenvalue weighted by molar-refractivity contribution is -0.150. The minimum absolute atomic E-state index is 0.0113. The predicted molar refractivity (Wildman–Crippen MR) is 167 cm³/mol. The zero-order valence-electron chi connectivity index (χ0n) is 25.6. The van der Waals surface area contributed by atoms with E-state index in [1.807, 2.05) is 42.2 Å². The van der Waals surface area contributed by atoms with Crippen LogP contribution in [0.25, 0.3) is 11.1 Å². The number of aryl methyl sites for hydroxylation is 1. The quantitative estimate of drug-likeness (QED) is 0.340. The van der Waals surface area contributed by atoms with Gasteiger partial charge in [0.05, 0.1) is 25.6 Å². The zero-order chi connectivity index (χ0) is 31.7. The van der Waals surface area contributed by atoms with Gasteiger partial charge < -0.3 is 24.8 Å². The Labute approximate surface area is 260 Å². The Kier molecular flexibility index (Phi) is 11.9. The van der Waals surface area contributed by atoms with Crippen LogP contribution in [-0.4, -0.2) is 86.7 Å². The zero-order valence-corrected chi connectivity index (χ0v) is 26.4. The van der Waals surface area contributed by atoms with Gasteiger partial charge in [0.2, 0.25) is 0 Å². The summed E-state index contributed by atoms with van der Waals surface area (Å²) in [6.45, 7) is 4.22. The summed E-state index contributed by atoms with van der Waals surface area (Å²) >= 11 is 0. The van der Waals surface area contributed by atoms with E-state index in [9.17, 15) is 27.9 Å². The number of hydrogen-bond acceptors (Lipinski definition) is 7. The number of carbonyl (C=O) groups excluding carboxylic acids is 2. The largest absolute Gasteiger partial charge is 0.480 e. The number of amides is 2. The van der Waals surface area contributed by atoms with Crippen molar-refractivity contribution in [3.8, 4) is 11.1 Å². The van der Waals surface area contributed by atoms with Crippen molar-refractivity contribution in [1.29, 1.82) is 0 Å². The Morgan fingerprint density at radius 2 is 1.75 bits per heavy atom. The maximum Gasteiger partial charge on any atom is 0.326 e. The highest BCUT2D eigenvalue weighted by Crippen LogP contribution is 2.31. The second-order valence-electron chi connectivity index (χ2n) is 12.0. The van der Waals surface area contributed by atoms with E-state index in [-0.39, 0.29) is 30.3 Å². The molecule has 1 aliphatic carbocycles. The summed E-state index contributed by atoms with van der Waals surface area (Å²) in [4.78, 5) is 40.7. The van der Waals surface area contributed by atoms with Crippen LogP contribution in [0.5, 0.6) is 0 Å². The first-order valence-corrected chi connectivity index (χ1v) is 17.5. The summed E-state index contributed by atoms with van der Waals surface area (Å²) in [7, 11) is -3.41. The Morgan fingerprint density at radius 3 is 2.41 bits per heavy atom. The van der Waals surface area contributed by atoms with Gasteiger partial charge in [-0.3, -0.25) is 9.59 Å². The van der Waals surface area contributed by atoms with Crippen LogP contribution >= 0.6 is 0 Å². The number of carboxylic acids is 1. The fraction of sp³-hybridized carbons (Fsp3) is 0.545. The monoisotopic (exact) mass is 628 g/mol. The minimum atomic E-state index is -3.41. The summed E-state index contributed by atoms with van der Waals surface area (Å²) in [5, 5.41) is 12.2. The van der Waals surface area contributed by atoms with Crippen molar-refractivity contribution in [3.05, 3.63) is 59.2 Å². The van der Waals surface area contributed by atoms with E-state index in [1.165, 1.54) is 19.3 Å². The number of morpholine rings is 1. The van der Waals surface area contributed by atoms with Crippen LogP contribution in [0, 0.1) is 12.8 Å². The SMILES string of the molecule is Cc1ccccc1-c1cc(COC(CC2CCCCC2)C(=O)N2CCOCC2)ccc1C(=O)NC(CCS(C)(=O)=O)C(=O)O. The average Bonchev–Trinajstić information content (AvgIpc) is 3.01. The number of ether oxygens (including phenoxy) is 2. The maximum atomic E-state index is 13.5. The molecule has 1 saturated carbocycles. The van der Waals surface area contributed by atoms with Gasteiger partial charge in [-0.2, -0.15) is 0 Å². The number of nitrogens with zero attached hydrogens (tertiary/aromatic N) is 1. The van der Waals surface area contributed by atoms with E-state index in [1.54, 1.807) is 12.1 Å². The van der Waals surface area contributed by atoms with Crippen molar-refractivity contribution in [2.75, 3.05) is 38.3 Å². The van der Waals surface area contributed by atoms with E-state index in [0.29, 0.717) is 44.2 Å². The second-order valence-corrected chi connectivity index (χ2v) is 14.2. The molecular weight excluding hydrogens is 584 g/mol. The molecule has 0 aromatic heterocycles. The normalized spacial score (nSPS) is 17.5. The first-order chi connectivity index (χ1) is 21.0. The molecule has 0 spiro atoms. The average molecular weight is 629 g/mol. The van der Waals surface area contributed by atoms with Crippen LogP contribution in [0.1, 0.15) is 66.4 Å². The molecule has 2 amide bonds. The Bertz CT molecular complexity index is 1410. The van der Waals surface area contributed by atoms with Gasteiger partial charge in [-0.05, 0) is 60.1 Å². The van der Waals surface area contributed by atoms with E-state index in [4.69, 9.17) is 9.47 Å². The van der Waals surface area contributed by atoms with Crippen molar-refractivity contribution in [3.63, 3.8) is 0 Å². The van der Waals surface area contributed by atoms with Crippen LogP contribution in [0.15, 0.2) is 42.5 Å². The van der Waals surface area contributed by atoms with Gasteiger partial charge in [0.1, 0.15) is 22.0 Å². The van der Waals surface area contributed by atoms with E-state index in [2.05, 4.69) is 5.32 Å². The molecule has 0 bridgehead atoms. The highest BCUT2D eigenvalue weighted by atomic mass is 32.2. The molecule has 11 heteroatoms. The molecule has 10 nitrogen and oxygen atoms in total. The van der Waals surface area contributed by atoms with E-state index >= 15 is 0 Å². The number of benzene rings is 2. The number of nitrogens with one attached hydrogen (secondary N) is 1. The Morgan fingerprint density at radius 1 is 1.05 bits per heavy atom. The molecule has 0 radical (unpaired) electrons. The molecule has 2 fully saturated rings. The standard InChI is InChI=1S/C33H44N2O8S/c1-23-8-6-7-11-26(23)28-20-25(12-13-27(28)31(36)34-29(33(38)39)14-19-44(2,40)41)22-43-30(21-24-9-4-3-5-10-24)32(37)35-15-17-42-18-16-35/h6-8,11-13,20,24,29-30H,3-5,9-10,14-19,21-22H2,1-2H3,(H,34,36)(H,38,39). The predicted octanol–water partition coefficient (Wildman–Crippen LogP) is 3.99. The molecule has 1 aliphatic heterocycles. The molecule has 1 saturated heterocycles. The fourth-order valence-corrected chi connectivity index (χ4v) is 6.62. The van der Waals surface area contributed by atoms with E-state index < -0.39 is 33.9 Å². The first kappa shape index (κ1) is 33.6.